The van der Waals surface area contributed by atoms with Crippen molar-refractivity contribution < 1.29 is 9.18 Å². The molecule has 3 nitrogen and oxygen atoms in total. The molecule has 1 atom stereocenters. The second-order valence-electron chi connectivity index (χ2n) is 4.25. The van der Waals surface area contributed by atoms with Crippen molar-refractivity contribution in [3.8, 4) is 0 Å². The molecule has 0 unspecified atom stereocenters. The minimum Gasteiger partial charge on any atom is -0.351 e. The van der Waals surface area contributed by atoms with E-state index >= 15 is 0 Å². The van der Waals surface area contributed by atoms with Crippen LogP contribution in [0, 0.1) is 5.82 Å². The summed E-state index contributed by atoms with van der Waals surface area (Å²) in [5.74, 6) is -0.294. The van der Waals surface area contributed by atoms with E-state index in [2.05, 4.69) is 11.9 Å². The van der Waals surface area contributed by atoms with Gasteiger partial charge in [0.25, 0.3) is 0 Å². The van der Waals surface area contributed by atoms with Gasteiger partial charge in [0.1, 0.15) is 5.82 Å². The number of hydrogen-bond acceptors (Lipinski definition) is 2. The van der Waals surface area contributed by atoms with Crippen LogP contribution >= 0.6 is 0 Å². The molecule has 0 aliphatic carbocycles. The number of carbonyl (C=O) groups is 1. The Morgan fingerprint density at radius 2 is 2.11 bits per heavy atom. The monoisotopic (exact) mass is 250 g/mol. The third-order valence-electron chi connectivity index (χ3n) is 2.81. The summed E-state index contributed by atoms with van der Waals surface area (Å²) in [6.07, 6.45) is 1.64. The zero-order valence-electron chi connectivity index (χ0n) is 10.8. The molecule has 0 spiro atoms. The molecule has 4 heteroatoms. The highest BCUT2D eigenvalue weighted by molar-refractivity contribution is 5.81. The Labute approximate surface area is 107 Å². The number of carbonyl (C=O) groups excluding carboxylic acids is 1. The SMILES string of the molecule is C=CCNC(=O)[C@H](C)N(C)Cc1ccc(F)cc1. The van der Waals surface area contributed by atoms with Crippen molar-refractivity contribution >= 4 is 5.91 Å². The summed E-state index contributed by atoms with van der Waals surface area (Å²) in [6, 6.07) is 6.05. The van der Waals surface area contributed by atoms with Crippen molar-refractivity contribution in [3.63, 3.8) is 0 Å². The fraction of sp³-hybridized carbons (Fsp3) is 0.357. The molecule has 1 aromatic rings. The Morgan fingerprint density at radius 3 is 2.67 bits per heavy atom. The molecule has 1 aromatic carbocycles. The molecule has 0 aliphatic rings. The summed E-state index contributed by atoms with van der Waals surface area (Å²) in [5.41, 5.74) is 0.974. The number of benzene rings is 1. The lowest BCUT2D eigenvalue weighted by molar-refractivity contribution is -0.125. The summed E-state index contributed by atoms with van der Waals surface area (Å²) in [6.45, 7) is 6.45. The Morgan fingerprint density at radius 1 is 1.50 bits per heavy atom. The van der Waals surface area contributed by atoms with E-state index in [-0.39, 0.29) is 17.8 Å². The Hall–Kier alpha value is -1.68. The van der Waals surface area contributed by atoms with Crippen LogP contribution in [0.15, 0.2) is 36.9 Å². The van der Waals surface area contributed by atoms with Crippen molar-refractivity contribution in [2.24, 2.45) is 0 Å². The van der Waals surface area contributed by atoms with Crippen molar-refractivity contribution in [2.75, 3.05) is 13.6 Å². The van der Waals surface area contributed by atoms with Crippen molar-refractivity contribution in [2.45, 2.75) is 19.5 Å². The van der Waals surface area contributed by atoms with Crippen LogP contribution in [0.5, 0.6) is 0 Å². The van der Waals surface area contributed by atoms with E-state index in [1.807, 2.05) is 18.9 Å². The first-order valence-corrected chi connectivity index (χ1v) is 5.88. The number of halogens is 1. The summed E-state index contributed by atoms with van der Waals surface area (Å²) in [5, 5.41) is 2.75. The maximum atomic E-state index is 12.8. The lowest BCUT2D eigenvalue weighted by atomic mass is 10.2. The zero-order valence-corrected chi connectivity index (χ0v) is 10.8. The van der Waals surface area contributed by atoms with Gasteiger partial charge in [0.05, 0.1) is 6.04 Å². The van der Waals surface area contributed by atoms with E-state index in [1.54, 1.807) is 18.2 Å². The topological polar surface area (TPSA) is 32.3 Å². The number of amides is 1. The number of rotatable bonds is 6. The summed E-state index contributed by atoms with van der Waals surface area (Å²) < 4.78 is 12.8. The zero-order chi connectivity index (χ0) is 13.5. The predicted octanol–water partition coefficient (Wildman–Crippen LogP) is 1.95. The van der Waals surface area contributed by atoms with Crippen LogP contribution in [0.3, 0.4) is 0 Å². The van der Waals surface area contributed by atoms with Gasteiger partial charge in [-0.2, -0.15) is 0 Å². The average molecular weight is 250 g/mol. The van der Waals surface area contributed by atoms with Crippen molar-refractivity contribution in [1.82, 2.24) is 10.2 Å². The molecule has 0 saturated carbocycles. The number of nitrogens with one attached hydrogen (secondary N) is 1. The van der Waals surface area contributed by atoms with Crippen LogP contribution in [0.4, 0.5) is 4.39 Å². The van der Waals surface area contributed by atoms with Gasteiger partial charge in [0.2, 0.25) is 5.91 Å². The smallest absolute Gasteiger partial charge is 0.237 e. The van der Waals surface area contributed by atoms with Gasteiger partial charge in [-0.25, -0.2) is 4.39 Å². The van der Waals surface area contributed by atoms with E-state index < -0.39 is 0 Å². The minimum atomic E-state index is -0.252. The first-order valence-electron chi connectivity index (χ1n) is 5.88. The number of nitrogens with zero attached hydrogens (tertiary/aromatic N) is 1. The van der Waals surface area contributed by atoms with Gasteiger partial charge >= 0.3 is 0 Å². The van der Waals surface area contributed by atoms with Gasteiger partial charge in [-0.15, -0.1) is 6.58 Å². The molecule has 1 N–H and O–H groups in total. The Kier molecular flexibility index (Phi) is 5.52. The molecule has 0 aromatic heterocycles. The fourth-order valence-corrected chi connectivity index (χ4v) is 1.54. The molecule has 0 saturated heterocycles. The van der Waals surface area contributed by atoms with E-state index in [4.69, 9.17) is 0 Å². The van der Waals surface area contributed by atoms with Gasteiger partial charge < -0.3 is 5.32 Å². The molecule has 18 heavy (non-hydrogen) atoms. The average Bonchev–Trinajstić information content (AvgIpc) is 2.37. The molecular weight excluding hydrogens is 231 g/mol. The van der Waals surface area contributed by atoms with E-state index in [1.165, 1.54) is 12.1 Å². The van der Waals surface area contributed by atoms with Crippen LogP contribution < -0.4 is 5.32 Å². The molecule has 0 bridgehead atoms. The Balaban J connectivity index is 2.53. The first kappa shape index (κ1) is 14.4. The molecule has 1 rings (SSSR count). The van der Waals surface area contributed by atoms with Crippen LogP contribution in [-0.2, 0) is 11.3 Å². The van der Waals surface area contributed by atoms with Gasteiger partial charge in [0.15, 0.2) is 0 Å². The van der Waals surface area contributed by atoms with E-state index in [0.717, 1.165) is 5.56 Å². The van der Waals surface area contributed by atoms with Crippen LogP contribution in [-0.4, -0.2) is 30.4 Å². The van der Waals surface area contributed by atoms with E-state index in [0.29, 0.717) is 13.1 Å². The quantitative estimate of drug-likeness (QED) is 0.783. The fourth-order valence-electron chi connectivity index (χ4n) is 1.54. The third-order valence-corrected chi connectivity index (χ3v) is 2.81. The number of hydrogen-bond donors (Lipinski definition) is 1. The maximum absolute atomic E-state index is 12.8. The minimum absolute atomic E-state index is 0.0421. The second kappa shape index (κ2) is 6.91. The van der Waals surface area contributed by atoms with Gasteiger partial charge in [-0.05, 0) is 31.7 Å². The van der Waals surface area contributed by atoms with Crippen LogP contribution in [0.1, 0.15) is 12.5 Å². The van der Waals surface area contributed by atoms with Crippen LogP contribution in [0.25, 0.3) is 0 Å². The molecule has 98 valence electrons. The van der Waals surface area contributed by atoms with E-state index in [9.17, 15) is 9.18 Å². The standard InChI is InChI=1S/C14H19FN2O/c1-4-9-16-14(18)11(2)17(3)10-12-5-7-13(15)8-6-12/h4-8,11H,1,9-10H2,2-3H3,(H,16,18)/t11-/m0/s1. The molecule has 0 fully saturated rings. The maximum Gasteiger partial charge on any atom is 0.237 e. The van der Waals surface area contributed by atoms with Crippen LogP contribution in [0.2, 0.25) is 0 Å². The van der Waals surface area contributed by atoms with Gasteiger partial charge in [-0.3, -0.25) is 9.69 Å². The highest BCUT2D eigenvalue weighted by Gasteiger charge is 2.17. The van der Waals surface area contributed by atoms with Gasteiger partial charge in [0, 0.05) is 13.1 Å². The molecule has 0 aliphatic heterocycles. The second-order valence-corrected chi connectivity index (χ2v) is 4.25. The lowest BCUT2D eigenvalue weighted by Crippen LogP contribution is -2.42. The third kappa shape index (κ3) is 4.30. The summed E-state index contributed by atoms with van der Waals surface area (Å²) in [7, 11) is 1.86. The van der Waals surface area contributed by atoms with Gasteiger partial charge in [-0.1, -0.05) is 18.2 Å². The highest BCUT2D eigenvalue weighted by atomic mass is 19.1. The van der Waals surface area contributed by atoms with Crippen molar-refractivity contribution in [1.29, 1.82) is 0 Å². The molecule has 0 heterocycles. The lowest BCUT2D eigenvalue weighted by Gasteiger charge is -2.23. The Bertz CT molecular complexity index is 403. The first-order chi connectivity index (χ1) is 8.54. The summed E-state index contributed by atoms with van der Waals surface area (Å²) in [4.78, 5) is 13.6. The normalized spacial score (nSPS) is 12.2. The largest absolute Gasteiger partial charge is 0.351 e. The molecular formula is C14H19FN2O. The molecule has 0 radical (unpaired) electrons. The van der Waals surface area contributed by atoms with Crippen molar-refractivity contribution in [3.05, 3.63) is 48.3 Å². The predicted molar refractivity (Wildman–Crippen MR) is 70.5 cm³/mol. The number of likely N-dealkylation sites (N-methyl/N-ethyl adjacent to an activating group) is 1. The highest BCUT2D eigenvalue weighted by Crippen LogP contribution is 2.07. The summed E-state index contributed by atoms with van der Waals surface area (Å²) >= 11 is 0. The molecule has 1 amide bonds.